The van der Waals surface area contributed by atoms with Gasteiger partial charge in [0, 0.05) is 24.5 Å². The minimum absolute atomic E-state index is 0.239. The summed E-state index contributed by atoms with van der Waals surface area (Å²) in [6, 6.07) is 32.7. The Balaban J connectivity index is 1.61. The minimum Gasteiger partial charge on any atom is -0.482 e. The predicted molar refractivity (Wildman–Crippen MR) is 151 cm³/mol. The molecule has 1 atom stereocenters. The summed E-state index contributed by atoms with van der Waals surface area (Å²) in [5.74, 6) is -0.205. The number of rotatable bonds is 11. The topological polar surface area (TPSA) is 58.6 Å². The molecule has 0 radical (unpaired) electrons. The van der Waals surface area contributed by atoms with Gasteiger partial charge < -0.3 is 15.0 Å². The Morgan fingerprint density at radius 1 is 0.737 bits per heavy atom. The van der Waals surface area contributed by atoms with E-state index in [4.69, 9.17) is 27.9 Å². The van der Waals surface area contributed by atoms with Crippen molar-refractivity contribution in [1.29, 1.82) is 0 Å². The number of carbonyl (C=O) groups is 2. The second-order valence-corrected chi connectivity index (χ2v) is 9.56. The molecule has 0 saturated carbocycles. The molecule has 0 heterocycles. The third-order valence-corrected chi connectivity index (χ3v) is 6.75. The summed E-state index contributed by atoms with van der Waals surface area (Å²) in [6.07, 6.45) is 0.333. The van der Waals surface area contributed by atoms with Crippen molar-refractivity contribution in [3.63, 3.8) is 0 Å². The van der Waals surface area contributed by atoms with Gasteiger partial charge in [-0.25, -0.2) is 0 Å². The summed E-state index contributed by atoms with van der Waals surface area (Å²) in [4.78, 5) is 28.9. The largest absolute Gasteiger partial charge is 0.482 e. The number of hydrogen-bond donors (Lipinski definition) is 1. The SMILES string of the molecule is O=C(NCc1ccccc1Cl)C(Cc1ccccc1)N(Cc1ccccc1)C(=O)COc1ccccc1Cl. The second kappa shape index (κ2) is 13.7. The van der Waals surface area contributed by atoms with Gasteiger partial charge in [0.1, 0.15) is 11.8 Å². The van der Waals surface area contributed by atoms with E-state index in [1.54, 1.807) is 35.2 Å². The van der Waals surface area contributed by atoms with Crippen LogP contribution in [0.1, 0.15) is 16.7 Å². The Morgan fingerprint density at radius 3 is 1.97 bits per heavy atom. The van der Waals surface area contributed by atoms with Gasteiger partial charge in [-0.1, -0.05) is 114 Å². The monoisotopic (exact) mass is 546 g/mol. The van der Waals surface area contributed by atoms with E-state index < -0.39 is 6.04 Å². The van der Waals surface area contributed by atoms with Crippen molar-refractivity contribution < 1.29 is 14.3 Å². The van der Waals surface area contributed by atoms with Gasteiger partial charge >= 0.3 is 0 Å². The Bertz CT molecular complexity index is 1240. The lowest BCUT2D eigenvalue weighted by Gasteiger charge is -2.31. The van der Waals surface area contributed by atoms with Crippen molar-refractivity contribution in [1.82, 2.24) is 10.2 Å². The molecule has 5 nitrogen and oxygen atoms in total. The fraction of sp³-hybridized carbons (Fsp3) is 0.161. The highest BCUT2D eigenvalue weighted by molar-refractivity contribution is 6.32. The van der Waals surface area contributed by atoms with Gasteiger partial charge in [-0.3, -0.25) is 9.59 Å². The van der Waals surface area contributed by atoms with Gasteiger partial charge in [0.25, 0.3) is 5.91 Å². The van der Waals surface area contributed by atoms with Crippen LogP contribution in [0.25, 0.3) is 0 Å². The molecule has 1 unspecified atom stereocenters. The first-order valence-electron chi connectivity index (χ1n) is 12.3. The number of amides is 2. The van der Waals surface area contributed by atoms with Crippen LogP contribution in [-0.2, 0) is 29.1 Å². The number of benzene rings is 4. The van der Waals surface area contributed by atoms with Crippen LogP contribution in [0.15, 0.2) is 109 Å². The zero-order chi connectivity index (χ0) is 26.7. The first kappa shape index (κ1) is 27.2. The molecule has 0 fully saturated rings. The number of ether oxygens (including phenoxy) is 1. The van der Waals surface area contributed by atoms with E-state index >= 15 is 0 Å². The van der Waals surface area contributed by atoms with Crippen LogP contribution in [0.2, 0.25) is 10.0 Å². The summed E-state index contributed by atoms with van der Waals surface area (Å²) in [6.45, 7) is 0.218. The van der Waals surface area contributed by atoms with E-state index in [0.29, 0.717) is 22.2 Å². The van der Waals surface area contributed by atoms with E-state index in [9.17, 15) is 9.59 Å². The van der Waals surface area contributed by atoms with Gasteiger partial charge in [-0.15, -0.1) is 0 Å². The number of para-hydroxylation sites is 1. The Kier molecular flexibility index (Phi) is 9.79. The molecule has 38 heavy (non-hydrogen) atoms. The van der Waals surface area contributed by atoms with Crippen molar-refractivity contribution in [3.8, 4) is 5.75 Å². The highest BCUT2D eigenvalue weighted by atomic mass is 35.5. The van der Waals surface area contributed by atoms with Crippen LogP contribution in [0.3, 0.4) is 0 Å². The van der Waals surface area contributed by atoms with Crippen molar-refractivity contribution in [2.24, 2.45) is 0 Å². The van der Waals surface area contributed by atoms with Crippen molar-refractivity contribution in [3.05, 3.63) is 136 Å². The van der Waals surface area contributed by atoms with Gasteiger partial charge in [-0.2, -0.15) is 0 Å². The summed E-state index contributed by atoms with van der Waals surface area (Å²) >= 11 is 12.5. The zero-order valence-corrected chi connectivity index (χ0v) is 22.2. The Morgan fingerprint density at radius 2 is 1.32 bits per heavy atom. The maximum atomic E-state index is 13.7. The second-order valence-electron chi connectivity index (χ2n) is 8.74. The number of halogens is 2. The third-order valence-electron chi connectivity index (χ3n) is 6.07. The Labute approximate surface area is 233 Å². The molecule has 0 aliphatic carbocycles. The number of hydrogen-bond acceptors (Lipinski definition) is 3. The molecule has 4 aromatic carbocycles. The van der Waals surface area contributed by atoms with Gasteiger partial charge in [0.05, 0.1) is 5.02 Å². The summed E-state index contributed by atoms with van der Waals surface area (Å²) in [5, 5.41) is 3.96. The molecule has 4 aromatic rings. The highest BCUT2D eigenvalue weighted by Crippen LogP contribution is 2.24. The lowest BCUT2D eigenvalue weighted by atomic mass is 10.0. The van der Waals surface area contributed by atoms with E-state index in [1.165, 1.54) is 0 Å². The molecule has 2 amide bonds. The zero-order valence-electron chi connectivity index (χ0n) is 20.7. The minimum atomic E-state index is -0.789. The molecule has 1 N–H and O–H groups in total. The van der Waals surface area contributed by atoms with Crippen LogP contribution in [0.4, 0.5) is 0 Å². The normalized spacial score (nSPS) is 11.4. The fourth-order valence-corrected chi connectivity index (χ4v) is 4.45. The van der Waals surface area contributed by atoms with Crippen molar-refractivity contribution in [2.75, 3.05) is 6.61 Å². The molecule has 0 bridgehead atoms. The van der Waals surface area contributed by atoms with Gasteiger partial charge in [0.2, 0.25) is 5.91 Å². The molecule has 0 saturated heterocycles. The number of carbonyl (C=O) groups excluding carboxylic acids is 2. The van der Waals surface area contributed by atoms with Gasteiger partial charge in [0.15, 0.2) is 6.61 Å². The van der Waals surface area contributed by atoms with Crippen LogP contribution in [0.5, 0.6) is 5.75 Å². The maximum Gasteiger partial charge on any atom is 0.261 e. The van der Waals surface area contributed by atoms with E-state index in [-0.39, 0.29) is 31.5 Å². The molecule has 0 spiro atoms. The van der Waals surface area contributed by atoms with Crippen LogP contribution in [0, 0.1) is 0 Å². The molecular formula is C31H28Cl2N2O3. The van der Waals surface area contributed by atoms with Crippen molar-refractivity contribution >= 4 is 35.0 Å². The van der Waals surface area contributed by atoms with Crippen LogP contribution in [-0.4, -0.2) is 29.4 Å². The molecular weight excluding hydrogens is 519 g/mol. The van der Waals surface area contributed by atoms with E-state index in [2.05, 4.69) is 5.32 Å². The number of nitrogens with zero attached hydrogens (tertiary/aromatic N) is 1. The molecule has 0 aliphatic heterocycles. The lowest BCUT2D eigenvalue weighted by molar-refractivity contribution is -0.142. The summed E-state index contributed by atoms with van der Waals surface area (Å²) in [7, 11) is 0. The molecule has 0 aromatic heterocycles. The summed E-state index contributed by atoms with van der Waals surface area (Å²) < 4.78 is 5.77. The number of nitrogens with one attached hydrogen (secondary N) is 1. The molecule has 0 aliphatic rings. The average Bonchev–Trinajstić information content (AvgIpc) is 2.95. The smallest absolute Gasteiger partial charge is 0.261 e. The van der Waals surface area contributed by atoms with E-state index in [1.807, 2.05) is 78.9 Å². The Hall–Kier alpha value is -3.80. The molecule has 194 valence electrons. The first-order chi connectivity index (χ1) is 18.5. The third kappa shape index (κ3) is 7.60. The fourth-order valence-electron chi connectivity index (χ4n) is 4.06. The van der Waals surface area contributed by atoms with Gasteiger partial charge in [-0.05, 0) is 34.9 Å². The van der Waals surface area contributed by atoms with E-state index in [0.717, 1.165) is 16.7 Å². The van der Waals surface area contributed by atoms with Crippen LogP contribution >= 0.6 is 23.2 Å². The standard InChI is InChI=1S/C31H28Cl2N2O3/c32-26-16-8-7-15-25(26)20-34-31(37)28(19-23-11-3-1-4-12-23)35(21-24-13-5-2-6-14-24)30(36)22-38-29-18-10-9-17-27(29)33/h1-18,28H,19-22H2,(H,34,37). The summed E-state index contributed by atoms with van der Waals surface area (Å²) in [5.41, 5.74) is 2.63. The quantitative estimate of drug-likeness (QED) is 0.239. The highest BCUT2D eigenvalue weighted by Gasteiger charge is 2.30. The molecule has 4 rings (SSSR count). The first-order valence-corrected chi connectivity index (χ1v) is 13.0. The molecule has 7 heteroatoms. The predicted octanol–water partition coefficient (Wildman–Crippen LogP) is 6.33. The lowest BCUT2D eigenvalue weighted by Crippen LogP contribution is -2.51. The van der Waals surface area contributed by atoms with Crippen molar-refractivity contribution in [2.45, 2.75) is 25.6 Å². The average molecular weight is 547 g/mol. The van der Waals surface area contributed by atoms with Crippen LogP contribution < -0.4 is 10.1 Å². The maximum absolute atomic E-state index is 13.7.